The van der Waals surface area contributed by atoms with E-state index < -0.39 is 0 Å². The van der Waals surface area contributed by atoms with Crippen molar-refractivity contribution >= 4 is 11.6 Å². The van der Waals surface area contributed by atoms with E-state index in [1.165, 1.54) is 50.6 Å². The average molecular weight is 469 g/mol. The summed E-state index contributed by atoms with van der Waals surface area (Å²) in [4.78, 5) is 21.2. The quantitative estimate of drug-likeness (QED) is 0.484. The molecule has 2 aliphatic heterocycles. The van der Waals surface area contributed by atoms with Crippen molar-refractivity contribution in [1.82, 2.24) is 15.1 Å². The predicted molar refractivity (Wildman–Crippen MR) is 142 cm³/mol. The van der Waals surface area contributed by atoms with Gasteiger partial charge in [0.1, 0.15) is 5.54 Å². The first-order chi connectivity index (χ1) is 16.5. The van der Waals surface area contributed by atoms with E-state index in [9.17, 15) is 4.79 Å². The molecule has 0 atom stereocenters. The summed E-state index contributed by atoms with van der Waals surface area (Å²) in [6.45, 7) is 9.61. The number of nitrogens with one attached hydrogen (secondary N) is 1. The molecule has 1 spiro atoms. The van der Waals surface area contributed by atoms with Crippen LogP contribution in [-0.2, 0) is 4.79 Å². The molecule has 0 radical (unpaired) electrons. The van der Waals surface area contributed by atoms with Crippen LogP contribution in [0.25, 0.3) is 0 Å². The lowest BCUT2D eigenvalue weighted by molar-refractivity contribution is -0.134. The number of piperidine rings is 1. The average Bonchev–Trinajstić information content (AvgIpc) is 3.13. The van der Waals surface area contributed by atoms with Crippen LogP contribution < -0.4 is 10.2 Å². The number of hydrogen-bond donors (Lipinski definition) is 1. The lowest BCUT2D eigenvalue weighted by Crippen LogP contribution is -2.58. The molecule has 0 unspecified atom stereocenters. The van der Waals surface area contributed by atoms with E-state index in [0.717, 1.165) is 70.0 Å². The summed E-state index contributed by atoms with van der Waals surface area (Å²) in [5, 5.41) is 3.23. The molecule has 4 rings (SSSR count). The lowest BCUT2D eigenvalue weighted by Gasteiger charge is -2.47. The van der Waals surface area contributed by atoms with Crippen LogP contribution in [0, 0.1) is 11.8 Å². The highest BCUT2D eigenvalue weighted by molar-refractivity contribution is 5.93. The number of anilines is 1. The summed E-state index contributed by atoms with van der Waals surface area (Å²) in [7, 11) is 2.02. The van der Waals surface area contributed by atoms with Gasteiger partial charge in [-0.05, 0) is 88.9 Å². The number of benzene rings is 1. The van der Waals surface area contributed by atoms with E-state index in [4.69, 9.17) is 0 Å². The van der Waals surface area contributed by atoms with Crippen molar-refractivity contribution in [2.75, 3.05) is 44.8 Å². The minimum absolute atomic E-state index is 0.348. The Kier molecular flexibility index (Phi) is 8.92. The Hall–Kier alpha value is -1.59. The summed E-state index contributed by atoms with van der Waals surface area (Å²) >= 11 is 0. The Labute approximate surface area is 208 Å². The van der Waals surface area contributed by atoms with E-state index in [1.54, 1.807) is 0 Å². The van der Waals surface area contributed by atoms with Crippen molar-refractivity contribution in [3.63, 3.8) is 0 Å². The minimum atomic E-state index is -0.348. The van der Waals surface area contributed by atoms with Crippen molar-refractivity contribution in [1.29, 1.82) is 0 Å². The van der Waals surface area contributed by atoms with Gasteiger partial charge in [0.25, 0.3) is 0 Å². The smallest absolute Gasteiger partial charge is 0.250 e. The van der Waals surface area contributed by atoms with Gasteiger partial charge in [-0.15, -0.1) is 0 Å². The molecule has 0 bridgehead atoms. The molecule has 1 aliphatic carbocycles. The molecule has 0 aromatic heterocycles. The van der Waals surface area contributed by atoms with E-state index in [-0.39, 0.29) is 5.54 Å². The predicted octanol–water partition coefficient (Wildman–Crippen LogP) is 5.12. The number of likely N-dealkylation sites (tertiary alicyclic amines) is 1. The highest BCUT2D eigenvalue weighted by atomic mass is 16.2. The highest BCUT2D eigenvalue weighted by Crippen LogP contribution is 2.41. The third kappa shape index (κ3) is 5.62. The number of para-hydroxylation sites is 1. The van der Waals surface area contributed by atoms with Crippen LogP contribution in [0.5, 0.6) is 0 Å². The summed E-state index contributed by atoms with van der Waals surface area (Å²) in [5.74, 6) is 2.11. The molecule has 1 N–H and O–H groups in total. The molecule has 3 fully saturated rings. The number of amides is 1. The van der Waals surface area contributed by atoms with Crippen molar-refractivity contribution in [3.05, 3.63) is 30.3 Å². The molecule has 190 valence electrons. The van der Waals surface area contributed by atoms with Crippen LogP contribution >= 0.6 is 0 Å². The fourth-order valence-corrected chi connectivity index (χ4v) is 6.72. The number of rotatable bonds is 10. The molecule has 1 aromatic carbocycles. The Morgan fingerprint density at radius 1 is 0.971 bits per heavy atom. The zero-order valence-corrected chi connectivity index (χ0v) is 22.0. The van der Waals surface area contributed by atoms with Gasteiger partial charge in [-0.25, -0.2) is 0 Å². The lowest BCUT2D eigenvalue weighted by atomic mass is 9.78. The topological polar surface area (TPSA) is 38.8 Å². The Morgan fingerprint density at radius 2 is 1.65 bits per heavy atom. The fourth-order valence-electron chi connectivity index (χ4n) is 6.72. The number of carbonyl (C=O) groups is 1. The van der Waals surface area contributed by atoms with Gasteiger partial charge in [-0.1, -0.05) is 44.9 Å². The maximum atomic E-state index is 13.9. The maximum Gasteiger partial charge on any atom is 0.250 e. The van der Waals surface area contributed by atoms with Crippen molar-refractivity contribution in [2.24, 2.45) is 11.8 Å². The van der Waals surface area contributed by atoms with Crippen molar-refractivity contribution < 1.29 is 4.79 Å². The SMILES string of the molecule is CNCCCCCCN1CN(c2ccccc2)C2(CCN([C@H]3CC[C@@H](C(C)C)CC3)CC2)C1=O. The third-order valence-electron chi connectivity index (χ3n) is 9.01. The zero-order chi connectivity index (χ0) is 24.0. The number of unbranched alkanes of at least 4 members (excludes halogenated alkanes) is 3. The third-order valence-corrected chi connectivity index (χ3v) is 9.01. The molecule has 5 heteroatoms. The van der Waals surface area contributed by atoms with Crippen LogP contribution in [0.3, 0.4) is 0 Å². The van der Waals surface area contributed by atoms with Gasteiger partial charge in [0.05, 0.1) is 6.67 Å². The molecule has 1 amide bonds. The van der Waals surface area contributed by atoms with E-state index in [1.807, 2.05) is 7.05 Å². The summed E-state index contributed by atoms with van der Waals surface area (Å²) in [5.41, 5.74) is 0.859. The van der Waals surface area contributed by atoms with Crippen molar-refractivity contribution in [3.8, 4) is 0 Å². The van der Waals surface area contributed by atoms with E-state index in [0.29, 0.717) is 5.91 Å². The summed E-state index contributed by atoms with van der Waals surface area (Å²) in [6, 6.07) is 11.4. The molecule has 1 aromatic rings. The van der Waals surface area contributed by atoms with Gasteiger partial charge in [-0.3, -0.25) is 4.79 Å². The molecular weight excluding hydrogens is 420 g/mol. The second kappa shape index (κ2) is 11.9. The standard InChI is InChI=1S/C29H48N4O/c1-24(2)25-13-15-26(16-14-25)31-21-17-29(18-22-31)28(34)32(20-10-5-4-9-19-30-3)23-33(29)27-11-7-6-8-12-27/h6-8,11-12,24-26,30H,4-5,9-10,13-23H2,1-3H3/t25-,26+. The second-order valence-electron chi connectivity index (χ2n) is 11.4. The number of hydrogen-bond acceptors (Lipinski definition) is 4. The van der Waals surface area contributed by atoms with Crippen LogP contribution in [0.4, 0.5) is 5.69 Å². The first kappa shape index (κ1) is 25.5. The normalized spacial score (nSPS) is 25.6. The van der Waals surface area contributed by atoms with E-state index >= 15 is 0 Å². The molecule has 1 saturated carbocycles. The fraction of sp³-hybridized carbons (Fsp3) is 0.759. The first-order valence-corrected chi connectivity index (χ1v) is 14.1. The zero-order valence-electron chi connectivity index (χ0n) is 22.0. The Morgan fingerprint density at radius 3 is 2.29 bits per heavy atom. The van der Waals surface area contributed by atoms with Crippen molar-refractivity contribution in [2.45, 2.75) is 89.6 Å². The Balaban J connectivity index is 1.38. The molecule has 3 aliphatic rings. The largest absolute Gasteiger partial charge is 0.339 e. The molecule has 2 heterocycles. The molecule has 34 heavy (non-hydrogen) atoms. The van der Waals surface area contributed by atoms with E-state index in [2.05, 4.69) is 64.2 Å². The van der Waals surface area contributed by atoms with Crippen LogP contribution in [0.2, 0.25) is 0 Å². The maximum absolute atomic E-state index is 13.9. The molecule has 5 nitrogen and oxygen atoms in total. The van der Waals surface area contributed by atoms with Gasteiger partial charge in [-0.2, -0.15) is 0 Å². The minimum Gasteiger partial charge on any atom is -0.339 e. The number of nitrogens with zero attached hydrogens (tertiary/aromatic N) is 3. The monoisotopic (exact) mass is 468 g/mol. The van der Waals surface area contributed by atoms with Crippen LogP contribution in [0.15, 0.2) is 30.3 Å². The Bertz CT molecular complexity index is 751. The summed E-state index contributed by atoms with van der Waals surface area (Å²) < 4.78 is 0. The van der Waals surface area contributed by atoms with Gasteiger partial charge in [0, 0.05) is 31.4 Å². The van der Waals surface area contributed by atoms with Gasteiger partial charge >= 0.3 is 0 Å². The second-order valence-corrected chi connectivity index (χ2v) is 11.4. The van der Waals surface area contributed by atoms with Crippen LogP contribution in [0.1, 0.15) is 78.1 Å². The molecule has 2 saturated heterocycles. The highest BCUT2D eigenvalue weighted by Gasteiger charge is 2.53. The number of carbonyl (C=O) groups excluding carboxylic acids is 1. The summed E-state index contributed by atoms with van der Waals surface area (Å²) in [6.07, 6.45) is 12.1. The van der Waals surface area contributed by atoms with Gasteiger partial charge in [0.2, 0.25) is 5.91 Å². The first-order valence-electron chi connectivity index (χ1n) is 14.1. The molecular formula is C29H48N4O. The van der Waals surface area contributed by atoms with Gasteiger partial charge in [0.15, 0.2) is 0 Å². The van der Waals surface area contributed by atoms with Crippen LogP contribution in [-0.4, -0.2) is 67.2 Å². The van der Waals surface area contributed by atoms with Gasteiger partial charge < -0.3 is 20.0 Å².